The quantitative estimate of drug-likeness (QED) is 0.463. The van der Waals surface area contributed by atoms with Crippen molar-refractivity contribution >= 4 is 27.2 Å². The number of aromatic nitrogens is 4. The average Bonchev–Trinajstić information content (AvgIpc) is 3.13. The van der Waals surface area contributed by atoms with Gasteiger partial charge in [-0.1, -0.05) is 12.1 Å². The second kappa shape index (κ2) is 8.49. The van der Waals surface area contributed by atoms with Crippen LogP contribution in [0.3, 0.4) is 0 Å². The average molecular weight is 446 g/mol. The lowest BCUT2D eigenvalue weighted by molar-refractivity contribution is 0.601. The number of sulfonamides is 1. The number of rotatable bonds is 6. The van der Waals surface area contributed by atoms with Crippen LogP contribution in [0, 0.1) is 25.2 Å². The molecule has 0 saturated carbocycles. The van der Waals surface area contributed by atoms with Gasteiger partial charge in [-0.3, -0.25) is 4.72 Å². The van der Waals surface area contributed by atoms with Crippen LogP contribution in [0.25, 0.3) is 5.82 Å². The van der Waals surface area contributed by atoms with Gasteiger partial charge in [-0.05, 0) is 68.4 Å². The van der Waals surface area contributed by atoms with E-state index in [1.807, 2.05) is 32.0 Å². The van der Waals surface area contributed by atoms with Crippen molar-refractivity contribution in [3.63, 3.8) is 0 Å². The maximum atomic E-state index is 12.6. The molecule has 160 valence electrons. The summed E-state index contributed by atoms with van der Waals surface area (Å²) in [4.78, 5) is -0.0670. The monoisotopic (exact) mass is 445 g/mol. The Morgan fingerprint density at radius 1 is 0.938 bits per heavy atom. The van der Waals surface area contributed by atoms with Gasteiger partial charge in [-0.25, -0.2) is 13.1 Å². The second-order valence-corrected chi connectivity index (χ2v) is 8.68. The molecule has 0 aliphatic rings. The third-order valence-electron chi connectivity index (χ3n) is 4.58. The second-order valence-electron chi connectivity index (χ2n) is 7.03. The number of aryl methyl sites for hydroxylation is 2. The summed E-state index contributed by atoms with van der Waals surface area (Å²) in [6.45, 7) is 3.86. The zero-order chi connectivity index (χ0) is 22.7. The SMILES string of the molecule is Cc1cc(C)n(-c2ccc(Nc3ccc(NS(=O)(=O)c4ccccc4C#N)cc3)nn2)n1. The molecule has 32 heavy (non-hydrogen) atoms. The van der Waals surface area contributed by atoms with Crippen LogP contribution in [-0.4, -0.2) is 28.4 Å². The molecule has 0 aliphatic heterocycles. The minimum absolute atomic E-state index is 0.0670. The number of nitrogens with zero attached hydrogens (tertiary/aromatic N) is 5. The Kier molecular flexibility index (Phi) is 5.57. The molecular weight excluding hydrogens is 426 g/mol. The van der Waals surface area contributed by atoms with E-state index in [0.29, 0.717) is 23.0 Å². The van der Waals surface area contributed by atoms with Crippen molar-refractivity contribution in [1.82, 2.24) is 20.0 Å². The maximum absolute atomic E-state index is 12.6. The minimum Gasteiger partial charge on any atom is -0.339 e. The summed E-state index contributed by atoms with van der Waals surface area (Å²) < 4.78 is 29.5. The van der Waals surface area contributed by atoms with Gasteiger partial charge in [0.25, 0.3) is 10.0 Å². The largest absolute Gasteiger partial charge is 0.339 e. The summed E-state index contributed by atoms with van der Waals surface area (Å²) in [6, 6.07) is 20.2. The molecule has 0 spiro atoms. The highest BCUT2D eigenvalue weighted by Gasteiger charge is 2.18. The van der Waals surface area contributed by atoms with E-state index in [9.17, 15) is 8.42 Å². The molecule has 2 aromatic carbocycles. The van der Waals surface area contributed by atoms with Gasteiger partial charge < -0.3 is 5.32 Å². The van der Waals surface area contributed by atoms with E-state index in [4.69, 9.17) is 5.26 Å². The van der Waals surface area contributed by atoms with Crippen molar-refractivity contribution in [1.29, 1.82) is 5.26 Å². The Morgan fingerprint density at radius 2 is 1.66 bits per heavy atom. The topological polar surface area (TPSA) is 126 Å². The molecule has 10 heteroatoms. The Hall–Kier alpha value is -4.23. The van der Waals surface area contributed by atoms with Crippen LogP contribution in [0.1, 0.15) is 17.0 Å². The Labute approximate surface area is 185 Å². The molecule has 0 unspecified atom stereocenters. The first kappa shape index (κ1) is 21.0. The lowest BCUT2D eigenvalue weighted by Crippen LogP contribution is -2.14. The molecule has 0 bridgehead atoms. The third-order valence-corrected chi connectivity index (χ3v) is 6.02. The number of hydrogen-bond donors (Lipinski definition) is 2. The zero-order valence-electron chi connectivity index (χ0n) is 17.3. The molecule has 0 radical (unpaired) electrons. The van der Waals surface area contributed by atoms with Crippen molar-refractivity contribution in [2.75, 3.05) is 10.0 Å². The summed E-state index contributed by atoms with van der Waals surface area (Å²) >= 11 is 0. The van der Waals surface area contributed by atoms with Crippen LogP contribution < -0.4 is 10.0 Å². The van der Waals surface area contributed by atoms with Gasteiger partial charge in [0.1, 0.15) is 11.0 Å². The van der Waals surface area contributed by atoms with E-state index in [1.165, 1.54) is 12.1 Å². The first-order chi connectivity index (χ1) is 15.4. The molecule has 0 fully saturated rings. The molecular formula is C22H19N7O2S. The molecule has 4 rings (SSSR count). The zero-order valence-corrected chi connectivity index (χ0v) is 18.1. The minimum atomic E-state index is -3.88. The predicted molar refractivity (Wildman–Crippen MR) is 120 cm³/mol. The van der Waals surface area contributed by atoms with Crippen molar-refractivity contribution in [3.8, 4) is 11.9 Å². The molecule has 0 amide bonds. The smallest absolute Gasteiger partial charge is 0.263 e. The van der Waals surface area contributed by atoms with Crippen LogP contribution in [0.5, 0.6) is 0 Å². The fourth-order valence-corrected chi connectivity index (χ4v) is 4.36. The summed E-state index contributed by atoms with van der Waals surface area (Å²) in [5.74, 6) is 1.15. The van der Waals surface area contributed by atoms with Crippen molar-refractivity contribution < 1.29 is 8.42 Å². The lowest BCUT2D eigenvalue weighted by Gasteiger charge is -2.11. The standard InChI is InChI=1S/C22H19N7O2S/c1-15-13-16(2)29(27-15)22-12-11-21(25-26-22)24-18-7-9-19(10-8-18)28-32(30,31)20-6-4-3-5-17(20)14-23/h3-13,28H,1-2H3,(H,24,25). The predicted octanol–water partition coefficient (Wildman–Crippen LogP) is 3.70. The number of benzene rings is 2. The number of nitrogens with one attached hydrogen (secondary N) is 2. The molecule has 2 heterocycles. The summed E-state index contributed by atoms with van der Waals surface area (Å²) in [6.07, 6.45) is 0. The van der Waals surface area contributed by atoms with Crippen molar-refractivity contribution in [2.24, 2.45) is 0 Å². The van der Waals surface area contributed by atoms with Gasteiger partial charge in [0.15, 0.2) is 11.6 Å². The van der Waals surface area contributed by atoms with Crippen molar-refractivity contribution in [3.05, 3.63) is 83.7 Å². The molecule has 2 N–H and O–H groups in total. The molecule has 2 aromatic heterocycles. The molecule has 0 saturated heterocycles. The van der Waals surface area contributed by atoms with Crippen molar-refractivity contribution in [2.45, 2.75) is 18.7 Å². The fraction of sp³-hybridized carbons (Fsp3) is 0.0909. The third kappa shape index (κ3) is 4.43. The maximum Gasteiger partial charge on any atom is 0.263 e. The van der Waals surface area contributed by atoms with E-state index in [2.05, 4.69) is 25.3 Å². The fourth-order valence-electron chi connectivity index (χ4n) is 3.14. The highest BCUT2D eigenvalue weighted by Crippen LogP contribution is 2.22. The molecule has 0 aliphatic carbocycles. The Morgan fingerprint density at radius 3 is 2.28 bits per heavy atom. The molecule has 0 atom stereocenters. The van der Waals surface area contributed by atoms with E-state index in [0.717, 1.165) is 11.4 Å². The van der Waals surface area contributed by atoms with Crippen LogP contribution in [0.2, 0.25) is 0 Å². The first-order valence-corrected chi connectivity index (χ1v) is 11.1. The first-order valence-electron chi connectivity index (χ1n) is 9.62. The summed E-state index contributed by atoms with van der Waals surface area (Å²) in [7, 11) is -3.88. The Balaban J connectivity index is 1.46. The van der Waals surface area contributed by atoms with E-state index >= 15 is 0 Å². The molecule has 4 aromatic rings. The van der Waals surface area contributed by atoms with Gasteiger partial charge in [-0.15, -0.1) is 10.2 Å². The van der Waals surface area contributed by atoms with Crippen LogP contribution >= 0.6 is 0 Å². The number of hydrogen-bond acceptors (Lipinski definition) is 7. The number of anilines is 3. The van der Waals surface area contributed by atoms with Gasteiger partial charge in [0.05, 0.1) is 11.3 Å². The highest BCUT2D eigenvalue weighted by molar-refractivity contribution is 7.92. The van der Waals surface area contributed by atoms with Gasteiger partial charge in [-0.2, -0.15) is 10.4 Å². The highest BCUT2D eigenvalue weighted by atomic mass is 32.2. The van der Waals surface area contributed by atoms with Crippen LogP contribution in [-0.2, 0) is 10.0 Å². The number of nitriles is 1. The van der Waals surface area contributed by atoms with E-state index < -0.39 is 10.0 Å². The van der Waals surface area contributed by atoms with E-state index in [-0.39, 0.29) is 10.5 Å². The Bertz CT molecular complexity index is 1400. The summed E-state index contributed by atoms with van der Waals surface area (Å²) in [5.41, 5.74) is 3.03. The van der Waals surface area contributed by atoms with Gasteiger partial charge in [0, 0.05) is 17.1 Å². The summed E-state index contributed by atoms with van der Waals surface area (Å²) in [5, 5.41) is 25.0. The van der Waals surface area contributed by atoms with Crippen LogP contribution in [0.15, 0.2) is 71.6 Å². The molecule has 9 nitrogen and oxygen atoms in total. The van der Waals surface area contributed by atoms with E-state index in [1.54, 1.807) is 47.1 Å². The normalized spacial score (nSPS) is 11.0. The van der Waals surface area contributed by atoms with Crippen LogP contribution in [0.4, 0.5) is 17.2 Å². The lowest BCUT2D eigenvalue weighted by atomic mass is 10.2. The van der Waals surface area contributed by atoms with Gasteiger partial charge >= 0.3 is 0 Å². The van der Waals surface area contributed by atoms with Gasteiger partial charge in [0.2, 0.25) is 0 Å².